The predicted molar refractivity (Wildman–Crippen MR) is 70.9 cm³/mol. The van der Waals surface area contributed by atoms with Gasteiger partial charge < -0.3 is 14.7 Å². The van der Waals surface area contributed by atoms with Crippen molar-refractivity contribution in [3.8, 4) is 0 Å². The third-order valence-corrected chi connectivity index (χ3v) is 2.80. The number of carboxylic acids is 1. The number of carbonyl (C=O) groups is 2. The van der Waals surface area contributed by atoms with Gasteiger partial charge in [0, 0.05) is 13.1 Å². The van der Waals surface area contributed by atoms with E-state index >= 15 is 0 Å². The lowest BCUT2D eigenvalue weighted by Crippen LogP contribution is -2.36. The number of ether oxygens (including phenoxy) is 1. The van der Waals surface area contributed by atoms with E-state index in [-0.39, 0.29) is 18.7 Å². The molecule has 0 fully saturated rings. The molecule has 0 aliphatic rings. The molecular formula is C14H14F5NO4. The minimum Gasteiger partial charge on any atom is -0.481 e. The molecule has 0 heterocycles. The monoisotopic (exact) mass is 355 g/mol. The van der Waals surface area contributed by atoms with E-state index in [0.717, 1.165) is 17.0 Å². The molecule has 0 aliphatic carbocycles. The quantitative estimate of drug-likeness (QED) is 0.727. The number of aliphatic carboxylic acids is 1. The molecule has 0 atom stereocenters. The number of rotatable bonds is 8. The van der Waals surface area contributed by atoms with Gasteiger partial charge in [0.1, 0.15) is 13.2 Å². The summed E-state index contributed by atoms with van der Waals surface area (Å²) >= 11 is 0. The van der Waals surface area contributed by atoms with E-state index in [2.05, 4.69) is 4.74 Å². The first-order valence-corrected chi connectivity index (χ1v) is 6.66. The molecule has 0 saturated carbocycles. The Morgan fingerprint density at radius 2 is 1.83 bits per heavy atom. The number of halogens is 5. The van der Waals surface area contributed by atoms with Crippen molar-refractivity contribution in [2.24, 2.45) is 0 Å². The maximum Gasteiger partial charge on any atom is 0.411 e. The molecule has 5 nitrogen and oxygen atoms in total. The van der Waals surface area contributed by atoms with Gasteiger partial charge in [-0.1, -0.05) is 6.07 Å². The summed E-state index contributed by atoms with van der Waals surface area (Å²) in [5.74, 6) is -4.39. The standard InChI is InChI=1S/C14H14F5NO4/c15-10-2-1-9(5-11(10)16)6-20(4-3-13(22)23)12(21)7-24-8-14(17,18)19/h1-2,5H,3-4,6-8H2,(H,22,23). The van der Waals surface area contributed by atoms with Crippen LogP contribution in [0.5, 0.6) is 0 Å². The van der Waals surface area contributed by atoms with Crippen molar-refractivity contribution in [3.05, 3.63) is 35.4 Å². The Hall–Kier alpha value is -2.23. The highest BCUT2D eigenvalue weighted by Gasteiger charge is 2.28. The van der Waals surface area contributed by atoms with Gasteiger partial charge in [-0.15, -0.1) is 0 Å². The van der Waals surface area contributed by atoms with Crippen molar-refractivity contribution < 1.29 is 41.4 Å². The lowest BCUT2D eigenvalue weighted by molar-refractivity contribution is -0.178. The molecule has 0 unspecified atom stereocenters. The van der Waals surface area contributed by atoms with E-state index in [4.69, 9.17) is 5.11 Å². The SMILES string of the molecule is O=C(O)CCN(Cc1ccc(F)c(F)c1)C(=O)COCC(F)(F)F. The summed E-state index contributed by atoms with van der Waals surface area (Å²) in [6, 6.07) is 2.81. The number of carboxylic acid groups (broad SMARTS) is 1. The number of hydrogen-bond acceptors (Lipinski definition) is 3. The number of nitrogens with zero attached hydrogens (tertiary/aromatic N) is 1. The molecule has 0 saturated heterocycles. The zero-order valence-corrected chi connectivity index (χ0v) is 12.3. The summed E-state index contributed by atoms with van der Waals surface area (Å²) in [7, 11) is 0. The highest BCUT2D eigenvalue weighted by atomic mass is 19.4. The molecule has 1 aromatic carbocycles. The van der Waals surface area contributed by atoms with Crippen LogP contribution in [-0.2, 0) is 20.9 Å². The van der Waals surface area contributed by atoms with Crippen LogP contribution in [0, 0.1) is 11.6 Å². The lowest BCUT2D eigenvalue weighted by atomic mass is 10.2. The average Bonchev–Trinajstić information content (AvgIpc) is 2.45. The normalized spacial score (nSPS) is 11.4. The summed E-state index contributed by atoms with van der Waals surface area (Å²) < 4.78 is 66.2. The first-order chi connectivity index (χ1) is 11.1. The minimum absolute atomic E-state index is 0.156. The molecule has 1 aromatic rings. The molecule has 24 heavy (non-hydrogen) atoms. The van der Waals surface area contributed by atoms with Crippen LogP contribution in [0.25, 0.3) is 0 Å². The fourth-order valence-corrected chi connectivity index (χ4v) is 1.73. The molecule has 1 N–H and O–H groups in total. The molecular weight excluding hydrogens is 341 g/mol. The van der Waals surface area contributed by atoms with Crippen LogP contribution in [0.15, 0.2) is 18.2 Å². The molecule has 0 aromatic heterocycles. The van der Waals surface area contributed by atoms with E-state index in [1.165, 1.54) is 6.07 Å². The van der Waals surface area contributed by atoms with Gasteiger partial charge in [-0.3, -0.25) is 9.59 Å². The molecule has 0 spiro atoms. The van der Waals surface area contributed by atoms with Crippen molar-refractivity contribution in [1.82, 2.24) is 4.90 Å². The molecule has 0 aliphatic heterocycles. The summed E-state index contributed by atoms with van der Waals surface area (Å²) in [5, 5.41) is 8.65. The second-order valence-corrected chi connectivity index (χ2v) is 4.82. The van der Waals surface area contributed by atoms with Crippen molar-refractivity contribution in [3.63, 3.8) is 0 Å². The van der Waals surface area contributed by atoms with Gasteiger partial charge in [0.05, 0.1) is 6.42 Å². The topological polar surface area (TPSA) is 66.8 Å². The maximum absolute atomic E-state index is 13.2. The van der Waals surface area contributed by atoms with E-state index < -0.39 is 49.3 Å². The lowest BCUT2D eigenvalue weighted by Gasteiger charge is -2.22. The van der Waals surface area contributed by atoms with E-state index in [9.17, 15) is 31.5 Å². The van der Waals surface area contributed by atoms with Gasteiger partial charge in [-0.25, -0.2) is 8.78 Å². The van der Waals surface area contributed by atoms with Crippen molar-refractivity contribution in [1.29, 1.82) is 0 Å². The van der Waals surface area contributed by atoms with Crippen LogP contribution in [-0.4, -0.2) is 47.8 Å². The molecule has 1 amide bonds. The summed E-state index contributed by atoms with van der Waals surface area (Å²) in [4.78, 5) is 23.4. The van der Waals surface area contributed by atoms with E-state index in [0.29, 0.717) is 0 Å². The van der Waals surface area contributed by atoms with E-state index in [1.54, 1.807) is 0 Å². The third kappa shape index (κ3) is 7.36. The Kier molecular flexibility index (Phi) is 7.08. The van der Waals surface area contributed by atoms with Gasteiger partial charge in [0.2, 0.25) is 5.91 Å². The highest BCUT2D eigenvalue weighted by molar-refractivity contribution is 5.78. The number of hydrogen-bond donors (Lipinski definition) is 1. The summed E-state index contributed by atoms with van der Waals surface area (Å²) in [5.41, 5.74) is 0.156. The molecule has 10 heteroatoms. The van der Waals surface area contributed by atoms with Crippen molar-refractivity contribution >= 4 is 11.9 Å². The molecule has 1 rings (SSSR count). The number of carbonyl (C=O) groups excluding carboxylic acids is 1. The van der Waals surface area contributed by atoms with Gasteiger partial charge in [-0.2, -0.15) is 13.2 Å². The van der Waals surface area contributed by atoms with Crippen LogP contribution in [0.3, 0.4) is 0 Å². The van der Waals surface area contributed by atoms with Crippen LogP contribution < -0.4 is 0 Å². The second kappa shape index (κ2) is 8.57. The fourth-order valence-electron chi connectivity index (χ4n) is 1.73. The zero-order chi connectivity index (χ0) is 18.3. The number of alkyl halides is 3. The predicted octanol–water partition coefficient (Wildman–Crippen LogP) is 2.35. The largest absolute Gasteiger partial charge is 0.481 e. The van der Waals surface area contributed by atoms with Gasteiger partial charge in [0.15, 0.2) is 11.6 Å². The first kappa shape index (κ1) is 19.8. The summed E-state index contributed by atoms with van der Waals surface area (Å²) in [6.07, 6.45) is -5.07. The smallest absolute Gasteiger partial charge is 0.411 e. The van der Waals surface area contributed by atoms with Crippen LogP contribution in [0.2, 0.25) is 0 Å². The molecule has 0 bridgehead atoms. The van der Waals surface area contributed by atoms with E-state index in [1.807, 2.05) is 0 Å². The highest BCUT2D eigenvalue weighted by Crippen LogP contribution is 2.15. The second-order valence-electron chi connectivity index (χ2n) is 4.82. The van der Waals surface area contributed by atoms with Gasteiger partial charge >= 0.3 is 12.1 Å². The zero-order valence-electron chi connectivity index (χ0n) is 12.3. The average molecular weight is 355 g/mol. The molecule has 134 valence electrons. The van der Waals surface area contributed by atoms with Crippen molar-refractivity contribution in [2.75, 3.05) is 19.8 Å². The maximum atomic E-state index is 13.2. The Morgan fingerprint density at radius 1 is 1.17 bits per heavy atom. The minimum atomic E-state index is -4.60. The first-order valence-electron chi connectivity index (χ1n) is 6.66. The van der Waals surface area contributed by atoms with Gasteiger partial charge in [-0.05, 0) is 17.7 Å². The Labute approximate surface area is 133 Å². The van der Waals surface area contributed by atoms with Crippen LogP contribution in [0.1, 0.15) is 12.0 Å². The van der Waals surface area contributed by atoms with Crippen molar-refractivity contribution in [2.45, 2.75) is 19.1 Å². The Balaban J connectivity index is 2.73. The van der Waals surface area contributed by atoms with Crippen LogP contribution in [0.4, 0.5) is 22.0 Å². The van der Waals surface area contributed by atoms with Crippen LogP contribution >= 0.6 is 0 Å². The third-order valence-electron chi connectivity index (χ3n) is 2.80. The fraction of sp³-hybridized carbons (Fsp3) is 0.429. The number of benzene rings is 1. The van der Waals surface area contributed by atoms with Gasteiger partial charge in [0.25, 0.3) is 0 Å². The molecule has 0 radical (unpaired) electrons. The Bertz CT molecular complexity index is 591. The number of amides is 1. The Morgan fingerprint density at radius 3 is 2.38 bits per heavy atom. The summed E-state index contributed by atoms with van der Waals surface area (Å²) in [6.45, 7) is -3.15.